The minimum atomic E-state index is 1.38. The van der Waals surface area contributed by atoms with Crippen molar-refractivity contribution in [2.75, 3.05) is 0 Å². The Morgan fingerprint density at radius 1 is 0.727 bits per heavy atom. The average Bonchev–Trinajstić information content (AvgIpc) is 2.03. The third kappa shape index (κ3) is 9.56. The molecule has 0 amide bonds. The van der Waals surface area contributed by atoms with Crippen molar-refractivity contribution in [3.05, 3.63) is 0 Å². The lowest BCUT2D eigenvalue weighted by atomic mass is 13.2. The van der Waals surface area contributed by atoms with Gasteiger partial charge in [0.25, 0.3) is 0 Å². The van der Waals surface area contributed by atoms with Crippen LogP contribution in [0.25, 0.3) is 0 Å². The van der Waals surface area contributed by atoms with Crippen molar-refractivity contribution in [1.82, 2.24) is 5.64 Å². The second-order valence-corrected chi connectivity index (χ2v) is 0.671. The van der Waals surface area contributed by atoms with Gasteiger partial charge in [0.05, 0.1) is 0 Å². The van der Waals surface area contributed by atoms with E-state index in [0.717, 1.165) is 0 Å². The maximum atomic E-state index is 7.40. The zero-order chi connectivity index (χ0) is 8.36. The molecule has 11 heteroatoms. The molecule has 11 heavy (non-hydrogen) atoms. The fourth-order valence-corrected chi connectivity index (χ4v) is 0.0943. The van der Waals surface area contributed by atoms with Gasteiger partial charge in [-0.2, -0.15) is 0 Å². The first kappa shape index (κ1) is 10.6. The van der Waals surface area contributed by atoms with Gasteiger partial charge in [0.1, 0.15) is 0 Å². The first-order valence-electron chi connectivity index (χ1n) is 1.77. The minimum Gasteiger partial charge on any atom is -0.219 e. The summed E-state index contributed by atoms with van der Waals surface area (Å²) in [5.41, 5.74) is 1.38. The molecule has 0 aliphatic heterocycles. The molecule has 0 rings (SSSR count). The number of nitrogens with one attached hydrogen (secondary N) is 1. The van der Waals surface area contributed by atoms with Gasteiger partial charge in [-0.15, -0.1) is 0 Å². The van der Waals surface area contributed by atoms with Gasteiger partial charge in [-0.1, -0.05) is 9.98 Å². The average molecular weight is 177 g/mol. The van der Waals surface area contributed by atoms with E-state index in [2.05, 4.69) is 40.2 Å². The molecular formula is H3NO10. The van der Waals surface area contributed by atoms with Crippen molar-refractivity contribution in [3.8, 4) is 0 Å². The highest BCUT2D eigenvalue weighted by Gasteiger charge is 1.90. The van der Waals surface area contributed by atoms with Gasteiger partial charge in [0, 0.05) is 0 Å². The van der Waals surface area contributed by atoms with E-state index in [1.807, 2.05) is 0 Å². The monoisotopic (exact) mass is 177 g/mol. The maximum Gasteiger partial charge on any atom is -0.00358 e. The first-order valence-corrected chi connectivity index (χ1v) is 1.77. The molecule has 0 aromatic heterocycles. The lowest BCUT2D eigenvalue weighted by molar-refractivity contribution is -0.758. The summed E-state index contributed by atoms with van der Waals surface area (Å²) in [7, 11) is 0. The zero-order valence-corrected chi connectivity index (χ0v) is 4.66. The van der Waals surface area contributed by atoms with Gasteiger partial charge in [0.2, 0.25) is 0 Å². The SMILES string of the molecule is OOOOONOOOOO. The smallest absolute Gasteiger partial charge is 0.00358 e. The van der Waals surface area contributed by atoms with Crippen molar-refractivity contribution in [3.63, 3.8) is 0 Å². The van der Waals surface area contributed by atoms with E-state index < -0.39 is 0 Å². The fourth-order valence-electron chi connectivity index (χ4n) is 0.0943. The van der Waals surface area contributed by atoms with Crippen LogP contribution >= 0.6 is 0 Å². The topological polar surface area (TPSA) is 126 Å². The molecule has 0 saturated carbocycles. The second kappa shape index (κ2) is 9.56. The number of rotatable bonds is 8. The van der Waals surface area contributed by atoms with Crippen LogP contribution in [0, 0.1) is 0 Å². The molecule has 0 aromatic carbocycles. The van der Waals surface area contributed by atoms with E-state index in [1.54, 1.807) is 0 Å². The molecule has 0 bridgehead atoms. The van der Waals surface area contributed by atoms with Crippen LogP contribution in [-0.4, -0.2) is 10.5 Å². The van der Waals surface area contributed by atoms with Crippen LogP contribution in [-0.2, 0) is 40.2 Å². The zero-order valence-electron chi connectivity index (χ0n) is 4.66. The summed E-state index contributed by atoms with van der Waals surface area (Å²) in [6.07, 6.45) is 0. The Balaban J connectivity index is 2.69. The van der Waals surface area contributed by atoms with Crippen molar-refractivity contribution >= 4 is 0 Å². The van der Waals surface area contributed by atoms with Crippen LogP contribution in [0.4, 0.5) is 0 Å². The Kier molecular flexibility index (Phi) is 9.18. The van der Waals surface area contributed by atoms with Crippen LogP contribution in [0.1, 0.15) is 0 Å². The van der Waals surface area contributed by atoms with Crippen LogP contribution in [0.3, 0.4) is 0 Å². The van der Waals surface area contributed by atoms with Crippen LogP contribution in [0.2, 0.25) is 0 Å². The Hall–Kier alpha value is -0.440. The molecule has 0 saturated heterocycles. The minimum absolute atomic E-state index is 1.38. The lowest BCUT2D eigenvalue weighted by Crippen LogP contribution is -2.16. The van der Waals surface area contributed by atoms with Crippen molar-refractivity contribution in [1.29, 1.82) is 0 Å². The normalized spacial score (nSPS) is 10.4. The quantitative estimate of drug-likeness (QED) is 0.239. The summed E-state index contributed by atoms with van der Waals surface area (Å²) in [6, 6.07) is 0. The fraction of sp³-hybridized carbons (Fsp3) is 0. The molecule has 0 aliphatic rings. The largest absolute Gasteiger partial charge is 0.219 e. The summed E-state index contributed by atoms with van der Waals surface area (Å²) in [5, 5.41) is 33.9. The number of hydrogen-bond donors (Lipinski definition) is 3. The molecular weight excluding hydrogens is 174 g/mol. The summed E-state index contributed by atoms with van der Waals surface area (Å²) in [4.78, 5) is 7.20. The summed E-state index contributed by atoms with van der Waals surface area (Å²) in [6.45, 7) is 0. The highest BCUT2D eigenvalue weighted by atomic mass is 17.8. The second-order valence-electron chi connectivity index (χ2n) is 0.671. The molecule has 68 valence electrons. The van der Waals surface area contributed by atoms with E-state index in [1.165, 1.54) is 5.64 Å². The van der Waals surface area contributed by atoms with Gasteiger partial charge in [-0.25, -0.2) is 10.5 Å². The third-order valence-electron chi connectivity index (χ3n) is 0.252. The van der Waals surface area contributed by atoms with Gasteiger partial charge in [-0.3, -0.25) is 0 Å². The van der Waals surface area contributed by atoms with E-state index in [-0.39, 0.29) is 0 Å². The van der Waals surface area contributed by atoms with Crippen LogP contribution in [0.5, 0.6) is 0 Å². The Morgan fingerprint density at radius 2 is 1.18 bits per heavy atom. The van der Waals surface area contributed by atoms with Crippen molar-refractivity contribution in [2.45, 2.75) is 0 Å². The Labute approximate surface area is 57.8 Å². The van der Waals surface area contributed by atoms with Crippen molar-refractivity contribution in [2.24, 2.45) is 0 Å². The molecule has 0 spiro atoms. The summed E-state index contributed by atoms with van der Waals surface area (Å²) >= 11 is 0. The predicted molar refractivity (Wildman–Crippen MR) is 17.1 cm³/mol. The third-order valence-corrected chi connectivity index (χ3v) is 0.252. The summed E-state index contributed by atoms with van der Waals surface area (Å²) < 4.78 is 0. The molecule has 0 aromatic rings. The highest BCUT2D eigenvalue weighted by molar-refractivity contribution is 3.36. The van der Waals surface area contributed by atoms with Crippen LogP contribution in [0.15, 0.2) is 0 Å². The molecule has 0 fully saturated rings. The Morgan fingerprint density at radius 3 is 1.55 bits per heavy atom. The van der Waals surface area contributed by atoms with Gasteiger partial charge in [-0.05, 0) is 35.9 Å². The first-order chi connectivity index (χ1) is 5.41. The Bertz CT molecular complexity index is 53.9. The molecule has 11 nitrogen and oxygen atoms in total. The molecule has 3 N–H and O–H groups in total. The highest BCUT2D eigenvalue weighted by Crippen LogP contribution is 1.79. The lowest BCUT2D eigenvalue weighted by Gasteiger charge is -1.97. The number of hydrogen-bond acceptors (Lipinski definition) is 11. The van der Waals surface area contributed by atoms with Crippen molar-refractivity contribution < 1.29 is 50.7 Å². The van der Waals surface area contributed by atoms with Gasteiger partial charge in [0.15, 0.2) is 0 Å². The maximum absolute atomic E-state index is 7.40. The standard InChI is InChI=1S/H3NO10/c2-6-10-8-4-1-5-9-11-7-3/h1-3H. The predicted octanol–water partition coefficient (Wildman–Crippen LogP) is -1.03. The molecule has 0 atom stereocenters. The summed E-state index contributed by atoms with van der Waals surface area (Å²) in [5.74, 6) is 0. The van der Waals surface area contributed by atoms with Crippen LogP contribution < -0.4 is 5.64 Å². The van der Waals surface area contributed by atoms with Gasteiger partial charge >= 0.3 is 0 Å². The molecule has 0 heterocycles. The van der Waals surface area contributed by atoms with Gasteiger partial charge < -0.3 is 0 Å². The van der Waals surface area contributed by atoms with E-state index in [0.29, 0.717) is 0 Å². The molecule has 0 unspecified atom stereocenters. The van der Waals surface area contributed by atoms with E-state index in [4.69, 9.17) is 10.5 Å². The van der Waals surface area contributed by atoms with E-state index in [9.17, 15) is 0 Å². The molecule has 0 radical (unpaired) electrons. The van der Waals surface area contributed by atoms with E-state index >= 15 is 0 Å². The molecule has 0 aliphatic carbocycles.